The summed E-state index contributed by atoms with van der Waals surface area (Å²) in [5, 5.41) is 16.3. The van der Waals surface area contributed by atoms with E-state index >= 15 is 0 Å². The molecule has 1 unspecified atom stereocenters. The smallest absolute Gasteiger partial charge is 0.387 e. The molecule has 1 heterocycles. The Hall–Kier alpha value is -2.21. The molecule has 0 aliphatic heterocycles. The summed E-state index contributed by atoms with van der Waals surface area (Å²) in [7, 11) is 1.49. The molecule has 7 nitrogen and oxygen atoms in total. The lowest BCUT2D eigenvalue weighted by Gasteiger charge is -2.16. The van der Waals surface area contributed by atoms with E-state index < -0.39 is 12.7 Å². The van der Waals surface area contributed by atoms with Gasteiger partial charge in [0.15, 0.2) is 5.96 Å². The van der Waals surface area contributed by atoms with Gasteiger partial charge in [0.1, 0.15) is 11.5 Å². The summed E-state index contributed by atoms with van der Waals surface area (Å²) >= 11 is 0. The van der Waals surface area contributed by atoms with Gasteiger partial charge in [-0.2, -0.15) is 8.78 Å². The summed E-state index contributed by atoms with van der Waals surface area (Å²) in [4.78, 5) is 8.30. The van der Waals surface area contributed by atoms with E-state index in [0.29, 0.717) is 23.8 Å². The number of nitrogens with one attached hydrogen (secondary N) is 2. The molecule has 0 fully saturated rings. The number of methoxy groups -OCH3 is 1. The zero-order chi connectivity index (χ0) is 20.4. The van der Waals surface area contributed by atoms with Gasteiger partial charge >= 0.3 is 6.61 Å². The number of guanidine groups is 1. The SMILES string of the molecule is CCNC(=NCc1cc(OC)ccc1OC(F)F)NCC(O)c1ccncc1.I. The molecule has 2 rings (SSSR count). The highest BCUT2D eigenvalue weighted by Gasteiger charge is 2.12. The highest BCUT2D eigenvalue weighted by atomic mass is 127. The lowest BCUT2D eigenvalue weighted by atomic mass is 10.1. The zero-order valence-electron chi connectivity index (χ0n) is 16.1. The number of aliphatic hydroxyl groups excluding tert-OH is 1. The van der Waals surface area contributed by atoms with Crippen molar-refractivity contribution in [2.24, 2.45) is 4.99 Å². The van der Waals surface area contributed by atoms with Crippen molar-refractivity contribution in [1.82, 2.24) is 15.6 Å². The molecule has 0 spiro atoms. The molecule has 2 aromatic rings. The largest absolute Gasteiger partial charge is 0.497 e. The Morgan fingerprint density at radius 2 is 1.93 bits per heavy atom. The van der Waals surface area contributed by atoms with Gasteiger partial charge in [0, 0.05) is 31.0 Å². The number of alkyl halides is 2. The Morgan fingerprint density at radius 3 is 2.55 bits per heavy atom. The summed E-state index contributed by atoms with van der Waals surface area (Å²) in [5.41, 5.74) is 1.17. The Morgan fingerprint density at radius 1 is 1.21 bits per heavy atom. The van der Waals surface area contributed by atoms with Crippen molar-refractivity contribution in [2.75, 3.05) is 20.2 Å². The molecule has 0 saturated carbocycles. The van der Waals surface area contributed by atoms with E-state index in [4.69, 9.17) is 4.74 Å². The van der Waals surface area contributed by atoms with Gasteiger partial charge in [-0.25, -0.2) is 4.99 Å². The maximum Gasteiger partial charge on any atom is 0.387 e. The lowest BCUT2D eigenvalue weighted by molar-refractivity contribution is -0.0504. The molecule has 160 valence electrons. The number of halogens is 3. The second kappa shape index (κ2) is 13.1. The minimum Gasteiger partial charge on any atom is -0.497 e. The highest BCUT2D eigenvalue weighted by Crippen LogP contribution is 2.26. The minimum atomic E-state index is -2.93. The van der Waals surface area contributed by atoms with Crippen molar-refractivity contribution < 1.29 is 23.4 Å². The van der Waals surface area contributed by atoms with Crippen LogP contribution in [0, 0.1) is 0 Å². The average molecular weight is 522 g/mol. The van der Waals surface area contributed by atoms with Crippen LogP contribution in [0.15, 0.2) is 47.7 Å². The van der Waals surface area contributed by atoms with E-state index in [-0.39, 0.29) is 42.8 Å². The molecule has 0 amide bonds. The van der Waals surface area contributed by atoms with Gasteiger partial charge in [0.2, 0.25) is 0 Å². The number of aliphatic imine (C=N–C) groups is 1. The Bertz CT molecular complexity index is 766. The molecule has 0 aliphatic rings. The van der Waals surface area contributed by atoms with Crippen molar-refractivity contribution >= 4 is 29.9 Å². The van der Waals surface area contributed by atoms with Crippen LogP contribution < -0.4 is 20.1 Å². The fourth-order valence-corrected chi connectivity index (χ4v) is 2.42. The van der Waals surface area contributed by atoms with Crippen molar-refractivity contribution in [3.8, 4) is 11.5 Å². The molecule has 3 N–H and O–H groups in total. The number of hydrogen-bond donors (Lipinski definition) is 3. The van der Waals surface area contributed by atoms with E-state index in [2.05, 4.69) is 25.3 Å². The third-order valence-electron chi connectivity index (χ3n) is 3.79. The number of ether oxygens (including phenoxy) is 2. The van der Waals surface area contributed by atoms with Crippen LogP contribution in [0.1, 0.15) is 24.2 Å². The van der Waals surface area contributed by atoms with Gasteiger partial charge in [-0.3, -0.25) is 4.98 Å². The number of benzene rings is 1. The lowest BCUT2D eigenvalue weighted by Crippen LogP contribution is -2.39. The molecular formula is C19H25F2IN4O3. The maximum atomic E-state index is 12.6. The van der Waals surface area contributed by atoms with Crippen molar-refractivity contribution in [3.63, 3.8) is 0 Å². The molecule has 1 atom stereocenters. The van der Waals surface area contributed by atoms with Crippen LogP contribution in [-0.4, -0.2) is 42.9 Å². The van der Waals surface area contributed by atoms with Crippen LogP contribution in [-0.2, 0) is 6.54 Å². The second-order valence-electron chi connectivity index (χ2n) is 5.72. The van der Waals surface area contributed by atoms with E-state index in [1.807, 2.05) is 6.92 Å². The van der Waals surface area contributed by atoms with Gasteiger partial charge < -0.3 is 25.2 Å². The molecule has 1 aromatic heterocycles. The molecule has 1 aromatic carbocycles. The Labute approximate surface area is 185 Å². The number of rotatable bonds is 9. The van der Waals surface area contributed by atoms with E-state index in [1.165, 1.54) is 13.2 Å². The summed E-state index contributed by atoms with van der Waals surface area (Å²) in [5.74, 6) is 0.978. The molecule has 29 heavy (non-hydrogen) atoms. The highest BCUT2D eigenvalue weighted by molar-refractivity contribution is 14.0. The topological polar surface area (TPSA) is 88.0 Å². The van der Waals surface area contributed by atoms with Gasteiger partial charge in [-0.15, -0.1) is 24.0 Å². The van der Waals surface area contributed by atoms with Crippen LogP contribution >= 0.6 is 24.0 Å². The van der Waals surface area contributed by atoms with E-state index in [0.717, 1.165) is 5.56 Å². The van der Waals surface area contributed by atoms with Crippen molar-refractivity contribution in [3.05, 3.63) is 53.9 Å². The Kier molecular flexibility index (Phi) is 11.2. The predicted octanol–water partition coefficient (Wildman–Crippen LogP) is 3.10. The molecule has 0 bridgehead atoms. The van der Waals surface area contributed by atoms with Crippen LogP contribution in [0.2, 0.25) is 0 Å². The summed E-state index contributed by atoms with van der Waals surface area (Å²) < 4.78 is 34.9. The standard InChI is InChI=1S/C19H24F2N4O3.HI/c1-3-23-19(25-12-16(26)13-6-8-22-9-7-13)24-11-14-10-15(27-2)4-5-17(14)28-18(20)21;/h4-10,16,18,26H,3,11-12H2,1-2H3,(H2,23,24,25);1H. The molecule has 0 aliphatic carbocycles. The molecule has 10 heteroatoms. The first-order valence-electron chi connectivity index (χ1n) is 8.75. The third-order valence-corrected chi connectivity index (χ3v) is 3.79. The predicted molar refractivity (Wildman–Crippen MR) is 117 cm³/mol. The molecular weight excluding hydrogens is 497 g/mol. The fourth-order valence-electron chi connectivity index (χ4n) is 2.42. The first kappa shape index (κ1) is 24.8. The van der Waals surface area contributed by atoms with E-state index in [9.17, 15) is 13.9 Å². The molecule has 0 radical (unpaired) electrons. The summed E-state index contributed by atoms with van der Waals surface area (Å²) in [6, 6.07) is 8.00. The van der Waals surface area contributed by atoms with Crippen LogP contribution in [0.5, 0.6) is 11.5 Å². The number of hydrogen-bond acceptors (Lipinski definition) is 5. The molecule has 0 saturated heterocycles. The summed E-state index contributed by atoms with van der Waals surface area (Å²) in [6.07, 6.45) is 2.46. The van der Waals surface area contributed by atoms with Crippen molar-refractivity contribution in [2.45, 2.75) is 26.2 Å². The fraction of sp³-hybridized carbons (Fsp3) is 0.368. The van der Waals surface area contributed by atoms with Gasteiger partial charge in [0.25, 0.3) is 0 Å². The summed E-state index contributed by atoms with van der Waals surface area (Å²) in [6.45, 7) is -0.143. The van der Waals surface area contributed by atoms with Crippen LogP contribution in [0.25, 0.3) is 0 Å². The second-order valence-corrected chi connectivity index (χ2v) is 5.72. The maximum absolute atomic E-state index is 12.6. The van der Waals surface area contributed by atoms with Crippen LogP contribution in [0.3, 0.4) is 0 Å². The number of pyridine rings is 1. The first-order valence-corrected chi connectivity index (χ1v) is 8.75. The quantitative estimate of drug-likeness (QED) is 0.267. The zero-order valence-corrected chi connectivity index (χ0v) is 18.5. The average Bonchev–Trinajstić information content (AvgIpc) is 2.71. The third kappa shape index (κ3) is 8.36. The van der Waals surface area contributed by atoms with Crippen molar-refractivity contribution in [1.29, 1.82) is 0 Å². The number of aromatic nitrogens is 1. The normalized spacial score (nSPS) is 12.1. The number of aliphatic hydroxyl groups is 1. The van der Waals surface area contributed by atoms with Crippen LogP contribution in [0.4, 0.5) is 8.78 Å². The van der Waals surface area contributed by atoms with E-state index in [1.54, 1.807) is 36.7 Å². The minimum absolute atomic E-state index is 0. The van der Waals surface area contributed by atoms with Gasteiger partial charge in [-0.05, 0) is 42.8 Å². The first-order chi connectivity index (χ1) is 13.5. The van der Waals surface area contributed by atoms with Gasteiger partial charge in [-0.1, -0.05) is 0 Å². The monoisotopic (exact) mass is 522 g/mol. The van der Waals surface area contributed by atoms with Gasteiger partial charge in [0.05, 0.1) is 19.8 Å². The Balaban J connectivity index is 0.00000420. The number of nitrogens with zero attached hydrogens (tertiary/aromatic N) is 2.